The summed E-state index contributed by atoms with van der Waals surface area (Å²) >= 11 is 1.37. The number of non-ortho nitro benzene ring substituents is 1. The van der Waals surface area contributed by atoms with E-state index >= 15 is 0 Å². The fraction of sp³-hybridized carbons (Fsp3) is 0.0952. The molecule has 8 nitrogen and oxygen atoms in total. The second kappa shape index (κ2) is 9.57. The van der Waals surface area contributed by atoms with Gasteiger partial charge in [-0.05, 0) is 41.6 Å². The lowest BCUT2D eigenvalue weighted by molar-refractivity contribution is -0.384. The van der Waals surface area contributed by atoms with Crippen LogP contribution in [-0.2, 0) is 11.2 Å². The zero-order chi connectivity index (χ0) is 21.5. The van der Waals surface area contributed by atoms with Gasteiger partial charge in [-0.25, -0.2) is 5.43 Å². The molecule has 0 saturated carbocycles. The molecule has 0 bridgehead atoms. The van der Waals surface area contributed by atoms with E-state index in [1.807, 2.05) is 11.4 Å². The number of benzene rings is 2. The Kier molecular flexibility index (Phi) is 6.66. The number of thiophene rings is 1. The van der Waals surface area contributed by atoms with Crippen molar-refractivity contribution in [3.8, 4) is 0 Å². The Morgan fingerprint density at radius 2 is 1.77 bits per heavy atom. The highest BCUT2D eigenvalue weighted by Gasteiger charge is 2.09. The highest BCUT2D eigenvalue weighted by molar-refractivity contribution is 7.12. The van der Waals surface area contributed by atoms with Gasteiger partial charge in [0.25, 0.3) is 11.6 Å². The Hall–Kier alpha value is -3.85. The number of nitro benzene ring substituents is 1. The fourth-order valence-electron chi connectivity index (χ4n) is 2.57. The molecular weight excluding hydrogens is 404 g/mol. The normalized spacial score (nSPS) is 11.0. The molecule has 2 aromatic carbocycles. The van der Waals surface area contributed by atoms with Crippen LogP contribution in [0.5, 0.6) is 0 Å². The summed E-state index contributed by atoms with van der Waals surface area (Å²) in [6.45, 7) is 1.76. The molecule has 30 heavy (non-hydrogen) atoms. The van der Waals surface area contributed by atoms with Gasteiger partial charge in [0.2, 0.25) is 5.91 Å². The smallest absolute Gasteiger partial charge is 0.269 e. The summed E-state index contributed by atoms with van der Waals surface area (Å²) in [5.74, 6) is -0.496. The lowest BCUT2D eigenvalue weighted by atomic mass is 10.1. The number of hydrazone groups is 1. The summed E-state index contributed by atoms with van der Waals surface area (Å²) in [5, 5.41) is 19.4. The maximum atomic E-state index is 12.1. The monoisotopic (exact) mass is 422 g/mol. The third kappa shape index (κ3) is 5.58. The number of rotatable bonds is 7. The van der Waals surface area contributed by atoms with E-state index in [1.54, 1.807) is 37.3 Å². The maximum absolute atomic E-state index is 12.1. The Morgan fingerprint density at radius 1 is 1.07 bits per heavy atom. The first-order valence-electron chi connectivity index (χ1n) is 8.94. The van der Waals surface area contributed by atoms with Crippen LogP contribution in [0.2, 0.25) is 0 Å². The molecule has 0 unspecified atom stereocenters. The molecule has 2 N–H and O–H groups in total. The molecule has 1 aromatic heterocycles. The van der Waals surface area contributed by atoms with E-state index < -0.39 is 4.92 Å². The Morgan fingerprint density at radius 3 is 2.37 bits per heavy atom. The van der Waals surface area contributed by atoms with E-state index in [0.29, 0.717) is 21.8 Å². The van der Waals surface area contributed by atoms with Crippen LogP contribution in [0.1, 0.15) is 27.7 Å². The van der Waals surface area contributed by atoms with Crippen molar-refractivity contribution in [2.75, 3.05) is 5.32 Å². The molecule has 3 rings (SSSR count). The third-order valence-corrected chi connectivity index (χ3v) is 5.03. The molecule has 1 heterocycles. The molecule has 0 radical (unpaired) electrons. The van der Waals surface area contributed by atoms with Crippen molar-refractivity contribution in [2.24, 2.45) is 5.10 Å². The SMILES string of the molecule is C/C(=N/NC(=O)Cc1ccc([N+](=O)[O-])cc1)c1ccc(NC(=O)c2cccs2)cc1. The van der Waals surface area contributed by atoms with Gasteiger partial charge in [-0.1, -0.05) is 30.3 Å². The number of hydrogen-bond donors (Lipinski definition) is 2. The molecule has 0 atom stereocenters. The lowest BCUT2D eigenvalue weighted by Gasteiger charge is -2.06. The summed E-state index contributed by atoms with van der Waals surface area (Å²) in [6, 6.07) is 16.5. The molecular formula is C21H18N4O4S. The minimum Gasteiger partial charge on any atom is -0.321 e. The molecule has 0 aliphatic heterocycles. The number of nitrogens with one attached hydrogen (secondary N) is 2. The average Bonchev–Trinajstić information content (AvgIpc) is 3.28. The molecule has 0 aliphatic rings. The molecule has 0 fully saturated rings. The number of anilines is 1. The van der Waals surface area contributed by atoms with Crippen molar-refractivity contribution < 1.29 is 14.5 Å². The van der Waals surface area contributed by atoms with Crippen LogP contribution in [0.4, 0.5) is 11.4 Å². The van der Waals surface area contributed by atoms with Crippen molar-refractivity contribution in [3.63, 3.8) is 0 Å². The quantitative estimate of drug-likeness (QED) is 0.340. The van der Waals surface area contributed by atoms with Gasteiger partial charge in [0.1, 0.15) is 0 Å². The zero-order valence-electron chi connectivity index (χ0n) is 16.0. The minimum absolute atomic E-state index is 0.0250. The lowest BCUT2D eigenvalue weighted by Crippen LogP contribution is -2.21. The number of nitro groups is 1. The van der Waals surface area contributed by atoms with Crippen molar-refractivity contribution >= 4 is 40.2 Å². The fourth-order valence-corrected chi connectivity index (χ4v) is 3.19. The van der Waals surface area contributed by atoms with Gasteiger partial charge in [0.05, 0.1) is 21.9 Å². The number of carbonyl (C=O) groups is 2. The molecule has 152 valence electrons. The predicted molar refractivity (Wildman–Crippen MR) is 116 cm³/mol. The molecule has 9 heteroatoms. The van der Waals surface area contributed by atoms with Crippen LogP contribution in [-0.4, -0.2) is 22.4 Å². The van der Waals surface area contributed by atoms with E-state index in [4.69, 9.17) is 0 Å². The summed E-state index contributed by atoms with van der Waals surface area (Å²) < 4.78 is 0. The Labute approximate surface area is 176 Å². The van der Waals surface area contributed by atoms with Crippen molar-refractivity contribution in [2.45, 2.75) is 13.3 Å². The van der Waals surface area contributed by atoms with E-state index in [0.717, 1.165) is 5.56 Å². The number of hydrogen-bond acceptors (Lipinski definition) is 6. The average molecular weight is 422 g/mol. The van der Waals surface area contributed by atoms with E-state index in [1.165, 1.54) is 35.6 Å². The van der Waals surface area contributed by atoms with Gasteiger partial charge in [0.15, 0.2) is 0 Å². The Balaban J connectivity index is 1.55. The highest BCUT2D eigenvalue weighted by atomic mass is 32.1. The summed E-state index contributed by atoms with van der Waals surface area (Å²) in [7, 11) is 0. The van der Waals surface area contributed by atoms with E-state index in [9.17, 15) is 19.7 Å². The van der Waals surface area contributed by atoms with E-state index in [-0.39, 0.29) is 23.9 Å². The molecule has 0 saturated heterocycles. The van der Waals surface area contributed by atoms with Crippen molar-refractivity contribution in [3.05, 3.63) is 92.2 Å². The standard InChI is InChI=1S/C21H18N4O4S/c1-14(23-24-20(26)13-15-4-10-18(11-5-15)25(28)29)16-6-8-17(9-7-16)22-21(27)19-3-2-12-30-19/h2-12H,13H2,1H3,(H,22,27)(H,24,26)/b23-14-. The van der Waals surface area contributed by atoms with Crippen molar-refractivity contribution in [1.29, 1.82) is 0 Å². The van der Waals surface area contributed by atoms with Crippen LogP contribution < -0.4 is 10.7 Å². The summed E-state index contributed by atoms with van der Waals surface area (Å²) in [6.07, 6.45) is 0.0580. The van der Waals surface area contributed by atoms with Crippen LogP contribution in [0.3, 0.4) is 0 Å². The number of carbonyl (C=O) groups excluding carboxylic acids is 2. The van der Waals surface area contributed by atoms with Crippen LogP contribution in [0.25, 0.3) is 0 Å². The third-order valence-electron chi connectivity index (χ3n) is 4.17. The molecule has 0 spiro atoms. The predicted octanol–water partition coefficient (Wildman–Crippen LogP) is 3.99. The first-order chi connectivity index (χ1) is 14.4. The van der Waals surface area contributed by atoms with Crippen molar-refractivity contribution in [1.82, 2.24) is 5.43 Å². The van der Waals surface area contributed by atoms with Crippen LogP contribution in [0.15, 0.2) is 71.1 Å². The Bertz CT molecular complexity index is 1080. The van der Waals surface area contributed by atoms with Gasteiger partial charge in [-0.3, -0.25) is 19.7 Å². The first-order valence-corrected chi connectivity index (χ1v) is 9.82. The largest absolute Gasteiger partial charge is 0.321 e. The topological polar surface area (TPSA) is 114 Å². The van der Waals surface area contributed by atoms with Crippen LogP contribution >= 0.6 is 11.3 Å². The summed E-state index contributed by atoms with van der Waals surface area (Å²) in [4.78, 5) is 34.9. The van der Waals surface area contributed by atoms with Gasteiger partial charge >= 0.3 is 0 Å². The minimum atomic E-state index is -0.490. The molecule has 3 aromatic rings. The summed E-state index contributed by atoms with van der Waals surface area (Å²) in [5.41, 5.74) is 5.15. The molecule has 0 aliphatic carbocycles. The number of amides is 2. The van der Waals surface area contributed by atoms with Gasteiger partial charge in [-0.2, -0.15) is 5.10 Å². The van der Waals surface area contributed by atoms with Gasteiger partial charge in [-0.15, -0.1) is 11.3 Å². The van der Waals surface area contributed by atoms with Gasteiger partial charge < -0.3 is 5.32 Å². The number of nitrogens with zero attached hydrogens (tertiary/aromatic N) is 2. The first kappa shape index (κ1) is 20.9. The maximum Gasteiger partial charge on any atom is 0.269 e. The second-order valence-electron chi connectivity index (χ2n) is 6.34. The second-order valence-corrected chi connectivity index (χ2v) is 7.29. The van der Waals surface area contributed by atoms with E-state index in [2.05, 4.69) is 15.8 Å². The van der Waals surface area contributed by atoms with Crippen LogP contribution in [0, 0.1) is 10.1 Å². The highest BCUT2D eigenvalue weighted by Crippen LogP contribution is 2.15. The molecule has 2 amide bonds. The zero-order valence-corrected chi connectivity index (χ0v) is 16.8. The van der Waals surface area contributed by atoms with Gasteiger partial charge in [0, 0.05) is 17.8 Å².